The zero-order chi connectivity index (χ0) is 29.1. The Morgan fingerprint density at radius 3 is 1.88 bits per heavy atom. The quantitative estimate of drug-likeness (QED) is 0.237. The molecule has 1 atom stereocenters. The predicted molar refractivity (Wildman–Crippen MR) is 160 cm³/mol. The fraction of sp³-hybridized carbons (Fsp3) is 0.212. The molecule has 212 valence electrons. The van der Waals surface area contributed by atoms with Gasteiger partial charge >= 0.3 is 0 Å². The second-order valence-corrected chi connectivity index (χ2v) is 11.4. The standard InChI is InChI=1S/C33H35N3O4S/c1-2-35-41(39,40)30-21-18-26(19-22-30)20-23-31(37)36(25-28-14-8-4-9-15-28)32(29-16-10-5-11-17-29)33(38)34-24-27-12-6-3-7-13-27/h3-19,21-22,32,35H,2,20,23-25H2,1H3,(H,34,38)/t32-/m0/s1. The van der Waals surface area contributed by atoms with Crippen LogP contribution in [-0.4, -0.2) is 31.7 Å². The first kappa shape index (κ1) is 29.7. The van der Waals surface area contributed by atoms with E-state index in [-0.39, 0.29) is 29.7 Å². The first-order chi connectivity index (χ1) is 19.9. The number of nitrogens with one attached hydrogen (secondary N) is 2. The number of hydrogen-bond acceptors (Lipinski definition) is 4. The van der Waals surface area contributed by atoms with Gasteiger partial charge < -0.3 is 10.2 Å². The third-order valence-corrected chi connectivity index (χ3v) is 8.26. The minimum atomic E-state index is -3.55. The third-order valence-electron chi connectivity index (χ3n) is 6.70. The van der Waals surface area contributed by atoms with Crippen LogP contribution in [0.15, 0.2) is 120 Å². The van der Waals surface area contributed by atoms with E-state index in [9.17, 15) is 18.0 Å². The number of nitrogens with zero attached hydrogens (tertiary/aromatic N) is 1. The molecular weight excluding hydrogens is 534 g/mol. The van der Waals surface area contributed by atoms with Crippen molar-refractivity contribution in [3.8, 4) is 0 Å². The van der Waals surface area contributed by atoms with Crippen LogP contribution in [0.5, 0.6) is 0 Å². The molecule has 8 heteroatoms. The molecule has 0 aliphatic carbocycles. The Morgan fingerprint density at radius 2 is 1.29 bits per heavy atom. The summed E-state index contributed by atoms with van der Waals surface area (Å²) in [6, 6.07) is 34.3. The predicted octanol–water partition coefficient (Wildman–Crippen LogP) is 5.00. The van der Waals surface area contributed by atoms with Gasteiger partial charge in [-0.2, -0.15) is 0 Å². The molecule has 0 saturated heterocycles. The lowest BCUT2D eigenvalue weighted by Gasteiger charge is -2.32. The highest BCUT2D eigenvalue weighted by Gasteiger charge is 2.31. The minimum absolute atomic E-state index is 0.154. The van der Waals surface area contributed by atoms with Crippen LogP contribution < -0.4 is 10.0 Å². The summed E-state index contributed by atoms with van der Waals surface area (Å²) in [5.41, 5.74) is 3.43. The Morgan fingerprint density at radius 1 is 0.732 bits per heavy atom. The third kappa shape index (κ3) is 8.36. The molecule has 7 nitrogen and oxygen atoms in total. The Hall–Kier alpha value is -4.27. The van der Waals surface area contributed by atoms with E-state index in [1.807, 2.05) is 91.0 Å². The highest BCUT2D eigenvalue weighted by Crippen LogP contribution is 2.25. The average Bonchev–Trinajstić information content (AvgIpc) is 3.00. The topological polar surface area (TPSA) is 95.6 Å². The van der Waals surface area contributed by atoms with Crippen molar-refractivity contribution in [1.29, 1.82) is 0 Å². The Balaban J connectivity index is 1.58. The van der Waals surface area contributed by atoms with E-state index >= 15 is 0 Å². The monoisotopic (exact) mass is 569 g/mol. The highest BCUT2D eigenvalue weighted by atomic mass is 32.2. The Kier molecular flexibility index (Phi) is 10.4. The Bertz CT molecular complexity index is 1510. The van der Waals surface area contributed by atoms with Gasteiger partial charge in [0.25, 0.3) is 0 Å². The number of sulfonamides is 1. The summed E-state index contributed by atoms with van der Waals surface area (Å²) >= 11 is 0. The van der Waals surface area contributed by atoms with Crippen LogP contribution in [-0.2, 0) is 39.1 Å². The summed E-state index contributed by atoms with van der Waals surface area (Å²) in [4.78, 5) is 29.4. The number of rotatable bonds is 13. The molecule has 0 radical (unpaired) electrons. The molecule has 2 amide bonds. The lowest BCUT2D eigenvalue weighted by atomic mass is 10.0. The van der Waals surface area contributed by atoms with Gasteiger partial charge in [0.2, 0.25) is 21.8 Å². The molecule has 0 aliphatic heterocycles. The van der Waals surface area contributed by atoms with E-state index in [0.717, 1.165) is 22.3 Å². The maximum absolute atomic E-state index is 13.9. The molecule has 0 aromatic heterocycles. The molecule has 0 bridgehead atoms. The molecule has 4 aromatic carbocycles. The van der Waals surface area contributed by atoms with E-state index in [1.165, 1.54) is 0 Å². The van der Waals surface area contributed by atoms with E-state index in [1.54, 1.807) is 36.1 Å². The number of carbonyl (C=O) groups excluding carboxylic acids is 2. The maximum Gasteiger partial charge on any atom is 0.247 e. The highest BCUT2D eigenvalue weighted by molar-refractivity contribution is 7.89. The second kappa shape index (κ2) is 14.4. The van der Waals surface area contributed by atoms with Gasteiger partial charge in [0.15, 0.2) is 0 Å². The fourth-order valence-electron chi connectivity index (χ4n) is 4.60. The minimum Gasteiger partial charge on any atom is -0.350 e. The van der Waals surface area contributed by atoms with E-state index in [2.05, 4.69) is 10.0 Å². The average molecular weight is 570 g/mol. The van der Waals surface area contributed by atoms with Crippen LogP contribution in [0.3, 0.4) is 0 Å². The number of amides is 2. The lowest BCUT2D eigenvalue weighted by molar-refractivity contribution is -0.141. The summed E-state index contributed by atoms with van der Waals surface area (Å²) < 4.78 is 27.0. The molecule has 2 N–H and O–H groups in total. The number of aryl methyl sites for hydroxylation is 1. The molecule has 4 aromatic rings. The van der Waals surface area contributed by atoms with Crippen molar-refractivity contribution in [3.63, 3.8) is 0 Å². The zero-order valence-corrected chi connectivity index (χ0v) is 23.9. The van der Waals surface area contributed by atoms with Gasteiger partial charge in [-0.25, -0.2) is 13.1 Å². The van der Waals surface area contributed by atoms with E-state index in [4.69, 9.17) is 0 Å². The summed E-state index contributed by atoms with van der Waals surface area (Å²) in [6.45, 7) is 2.64. The van der Waals surface area contributed by atoms with E-state index < -0.39 is 16.1 Å². The molecule has 0 unspecified atom stereocenters. The van der Waals surface area contributed by atoms with Crippen molar-refractivity contribution in [2.75, 3.05) is 6.54 Å². The molecule has 0 saturated carbocycles. The molecule has 0 aliphatic rings. The van der Waals surface area contributed by atoms with E-state index in [0.29, 0.717) is 19.5 Å². The molecule has 0 heterocycles. The zero-order valence-electron chi connectivity index (χ0n) is 23.1. The van der Waals surface area contributed by atoms with Gasteiger partial charge in [0, 0.05) is 26.1 Å². The number of carbonyl (C=O) groups is 2. The van der Waals surface area contributed by atoms with Crippen LogP contribution in [0.25, 0.3) is 0 Å². The normalized spacial score (nSPS) is 11.9. The molecular formula is C33H35N3O4S. The van der Waals surface area contributed by atoms with Crippen molar-refractivity contribution in [3.05, 3.63) is 138 Å². The van der Waals surface area contributed by atoms with Gasteiger partial charge in [0.05, 0.1) is 4.90 Å². The Labute approximate surface area is 242 Å². The maximum atomic E-state index is 13.9. The largest absolute Gasteiger partial charge is 0.350 e. The first-order valence-electron chi connectivity index (χ1n) is 13.7. The van der Waals surface area contributed by atoms with Crippen molar-refractivity contribution >= 4 is 21.8 Å². The summed E-state index contributed by atoms with van der Waals surface area (Å²) in [5, 5.41) is 3.03. The summed E-state index contributed by atoms with van der Waals surface area (Å²) in [5.74, 6) is -0.441. The van der Waals surface area contributed by atoms with Crippen LogP contribution in [0, 0.1) is 0 Å². The van der Waals surface area contributed by atoms with Crippen molar-refractivity contribution in [2.24, 2.45) is 0 Å². The lowest BCUT2D eigenvalue weighted by Crippen LogP contribution is -2.43. The van der Waals surface area contributed by atoms with Gasteiger partial charge in [0.1, 0.15) is 6.04 Å². The van der Waals surface area contributed by atoms with Crippen molar-refractivity contribution < 1.29 is 18.0 Å². The van der Waals surface area contributed by atoms with Crippen LogP contribution in [0.1, 0.15) is 41.6 Å². The summed E-state index contributed by atoms with van der Waals surface area (Å²) in [7, 11) is -3.55. The molecule has 0 fully saturated rings. The first-order valence-corrected chi connectivity index (χ1v) is 15.1. The van der Waals surface area contributed by atoms with Gasteiger partial charge in [-0.3, -0.25) is 9.59 Å². The molecule has 4 rings (SSSR count). The molecule has 41 heavy (non-hydrogen) atoms. The van der Waals surface area contributed by atoms with Crippen LogP contribution in [0.4, 0.5) is 0 Å². The summed E-state index contributed by atoms with van der Waals surface area (Å²) in [6.07, 6.45) is 0.556. The fourth-order valence-corrected chi connectivity index (χ4v) is 5.64. The van der Waals surface area contributed by atoms with Crippen LogP contribution in [0.2, 0.25) is 0 Å². The number of benzene rings is 4. The van der Waals surface area contributed by atoms with Crippen LogP contribution >= 0.6 is 0 Å². The van der Waals surface area contributed by atoms with Crippen molar-refractivity contribution in [1.82, 2.24) is 14.9 Å². The van der Waals surface area contributed by atoms with Gasteiger partial charge in [-0.05, 0) is 40.8 Å². The second-order valence-electron chi connectivity index (χ2n) is 9.67. The smallest absolute Gasteiger partial charge is 0.247 e. The van der Waals surface area contributed by atoms with Gasteiger partial charge in [-0.15, -0.1) is 0 Å². The number of hydrogen-bond donors (Lipinski definition) is 2. The van der Waals surface area contributed by atoms with Gasteiger partial charge in [-0.1, -0.05) is 110 Å². The molecule has 0 spiro atoms. The SMILES string of the molecule is CCNS(=O)(=O)c1ccc(CCC(=O)N(Cc2ccccc2)[C@H](C(=O)NCc2ccccc2)c2ccccc2)cc1. The van der Waals surface area contributed by atoms with Crippen molar-refractivity contribution in [2.45, 2.75) is 43.8 Å².